The summed E-state index contributed by atoms with van der Waals surface area (Å²) in [5, 5.41) is 13.5. The van der Waals surface area contributed by atoms with Crippen LogP contribution in [-0.2, 0) is 15.0 Å². The molecule has 1 amide bonds. The Labute approximate surface area is 161 Å². The molecule has 0 saturated heterocycles. The first kappa shape index (κ1) is 19.1. The highest BCUT2D eigenvalue weighted by Gasteiger charge is 2.50. The second kappa shape index (κ2) is 7.50. The number of amides is 1. The SMILES string of the molecule is CC1=CC(C(=O)NN)(C(=O)C(O)=CC(=O)c2ccccc2)c2ccccc2N1. The lowest BCUT2D eigenvalue weighted by molar-refractivity contribution is -0.133. The second-order valence-corrected chi connectivity index (χ2v) is 6.37. The molecule has 2 aromatic carbocycles. The van der Waals surface area contributed by atoms with E-state index in [-0.39, 0.29) is 0 Å². The Morgan fingerprint density at radius 1 is 1.07 bits per heavy atom. The van der Waals surface area contributed by atoms with E-state index in [1.54, 1.807) is 61.5 Å². The summed E-state index contributed by atoms with van der Waals surface area (Å²) >= 11 is 0. The van der Waals surface area contributed by atoms with Crippen LogP contribution in [0.1, 0.15) is 22.8 Å². The van der Waals surface area contributed by atoms with Gasteiger partial charge in [0.2, 0.25) is 5.78 Å². The van der Waals surface area contributed by atoms with Gasteiger partial charge in [0.05, 0.1) is 0 Å². The van der Waals surface area contributed by atoms with E-state index in [2.05, 4.69) is 5.32 Å². The Morgan fingerprint density at radius 3 is 2.39 bits per heavy atom. The van der Waals surface area contributed by atoms with E-state index < -0.39 is 28.6 Å². The summed E-state index contributed by atoms with van der Waals surface area (Å²) in [5.74, 6) is 2.19. The number of carbonyl (C=O) groups excluding carboxylic acids is 3. The number of carbonyl (C=O) groups is 3. The quantitative estimate of drug-likeness (QED) is 0.120. The molecule has 0 saturated carbocycles. The van der Waals surface area contributed by atoms with Crippen molar-refractivity contribution >= 4 is 23.2 Å². The van der Waals surface area contributed by atoms with Crippen molar-refractivity contribution in [3.63, 3.8) is 0 Å². The molecule has 0 aromatic heterocycles. The summed E-state index contributed by atoms with van der Waals surface area (Å²) in [5.41, 5.74) is 1.78. The first-order valence-corrected chi connectivity index (χ1v) is 8.52. The summed E-state index contributed by atoms with van der Waals surface area (Å²) < 4.78 is 0. The third-order valence-corrected chi connectivity index (χ3v) is 4.52. The number of ketones is 2. The molecule has 0 bridgehead atoms. The highest BCUT2D eigenvalue weighted by atomic mass is 16.3. The number of para-hydroxylation sites is 1. The number of hydrazine groups is 1. The van der Waals surface area contributed by atoms with E-state index >= 15 is 0 Å². The van der Waals surface area contributed by atoms with Gasteiger partial charge < -0.3 is 10.4 Å². The van der Waals surface area contributed by atoms with Gasteiger partial charge >= 0.3 is 0 Å². The third-order valence-electron chi connectivity index (χ3n) is 4.52. The van der Waals surface area contributed by atoms with Crippen LogP contribution in [-0.4, -0.2) is 22.6 Å². The molecule has 3 rings (SSSR count). The minimum atomic E-state index is -1.90. The summed E-state index contributed by atoms with van der Waals surface area (Å²) in [7, 11) is 0. The normalized spacial score (nSPS) is 18.4. The Balaban J connectivity index is 2.11. The molecule has 0 radical (unpaired) electrons. The van der Waals surface area contributed by atoms with E-state index in [0.29, 0.717) is 22.5 Å². The number of aliphatic hydroxyl groups is 1. The van der Waals surface area contributed by atoms with Gasteiger partial charge in [-0.1, -0.05) is 48.5 Å². The van der Waals surface area contributed by atoms with Crippen LogP contribution in [0.25, 0.3) is 0 Å². The molecule has 1 aliphatic heterocycles. The van der Waals surface area contributed by atoms with Gasteiger partial charge in [-0.2, -0.15) is 0 Å². The maximum Gasteiger partial charge on any atom is 0.256 e. The van der Waals surface area contributed by atoms with Crippen molar-refractivity contribution in [2.45, 2.75) is 12.3 Å². The molecule has 7 heteroatoms. The fourth-order valence-electron chi connectivity index (χ4n) is 3.26. The summed E-state index contributed by atoms with van der Waals surface area (Å²) in [6.07, 6.45) is 2.20. The second-order valence-electron chi connectivity index (χ2n) is 6.37. The van der Waals surface area contributed by atoms with Crippen LogP contribution < -0.4 is 16.6 Å². The van der Waals surface area contributed by atoms with Crippen LogP contribution >= 0.6 is 0 Å². The van der Waals surface area contributed by atoms with Gasteiger partial charge in [0.25, 0.3) is 5.91 Å². The third kappa shape index (κ3) is 3.19. The fraction of sp³-hybridized carbons (Fsp3) is 0.0952. The average Bonchev–Trinajstić information content (AvgIpc) is 2.72. The Hall–Kier alpha value is -3.71. The fourth-order valence-corrected chi connectivity index (χ4v) is 3.26. The predicted molar refractivity (Wildman–Crippen MR) is 104 cm³/mol. The van der Waals surface area contributed by atoms with Crippen LogP contribution in [0.15, 0.2) is 78.2 Å². The Morgan fingerprint density at radius 2 is 1.71 bits per heavy atom. The molecule has 0 aliphatic carbocycles. The van der Waals surface area contributed by atoms with Gasteiger partial charge in [0, 0.05) is 28.6 Å². The lowest BCUT2D eigenvalue weighted by atomic mass is 9.72. The molecule has 1 unspecified atom stereocenters. The van der Waals surface area contributed by atoms with Crippen molar-refractivity contribution in [3.05, 3.63) is 89.3 Å². The lowest BCUT2D eigenvalue weighted by Crippen LogP contribution is -2.53. The summed E-state index contributed by atoms with van der Waals surface area (Å²) in [6.45, 7) is 1.68. The van der Waals surface area contributed by atoms with Crippen molar-refractivity contribution in [3.8, 4) is 0 Å². The van der Waals surface area contributed by atoms with Gasteiger partial charge in [-0.05, 0) is 19.1 Å². The first-order valence-electron chi connectivity index (χ1n) is 8.52. The summed E-state index contributed by atoms with van der Waals surface area (Å²) in [6, 6.07) is 14.9. The number of anilines is 1. The van der Waals surface area contributed by atoms with Crippen LogP contribution in [0.2, 0.25) is 0 Å². The molecule has 5 N–H and O–H groups in total. The molecular formula is C21H19N3O4. The van der Waals surface area contributed by atoms with Gasteiger partial charge in [-0.25, -0.2) is 5.84 Å². The van der Waals surface area contributed by atoms with Gasteiger partial charge in [0.1, 0.15) is 0 Å². The van der Waals surface area contributed by atoms with Gasteiger partial charge in [-0.15, -0.1) is 0 Å². The maximum absolute atomic E-state index is 13.2. The average molecular weight is 377 g/mol. The zero-order valence-corrected chi connectivity index (χ0v) is 15.1. The number of allylic oxidation sites excluding steroid dienone is 3. The number of fused-ring (bicyclic) bond motifs is 1. The number of aliphatic hydroxyl groups excluding tert-OH is 1. The summed E-state index contributed by atoms with van der Waals surface area (Å²) in [4.78, 5) is 38.3. The number of nitrogens with one attached hydrogen (secondary N) is 2. The van der Waals surface area contributed by atoms with Gasteiger partial charge in [-0.3, -0.25) is 19.8 Å². The monoisotopic (exact) mass is 377 g/mol. The van der Waals surface area contributed by atoms with E-state index in [1.165, 1.54) is 6.08 Å². The number of hydrogen-bond acceptors (Lipinski definition) is 6. The van der Waals surface area contributed by atoms with Crippen molar-refractivity contribution in [2.24, 2.45) is 5.84 Å². The molecule has 0 fully saturated rings. The number of hydrogen-bond donors (Lipinski definition) is 4. The molecule has 2 aromatic rings. The van der Waals surface area contributed by atoms with E-state index in [0.717, 1.165) is 6.08 Å². The highest BCUT2D eigenvalue weighted by Crippen LogP contribution is 2.39. The highest BCUT2D eigenvalue weighted by molar-refractivity contribution is 6.22. The standard InChI is InChI=1S/C21H19N3O4/c1-13-12-21(20(28)24-22,15-9-5-6-10-16(15)23-13)19(27)18(26)11-17(25)14-7-3-2-4-8-14/h2-12,23,26H,22H2,1H3,(H,24,28). The van der Waals surface area contributed by atoms with Crippen LogP contribution in [0.3, 0.4) is 0 Å². The van der Waals surface area contributed by atoms with E-state index in [1.807, 2.05) is 5.43 Å². The topological polar surface area (TPSA) is 122 Å². The lowest BCUT2D eigenvalue weighted by Gasteiger charge is -2.33. The van der Waals surface area contributed by atoms with E-state index in [9.17, 15) is 19.5 Å². The van der Waals surface area contributed by atoms with Crippen molar-refractivity contribution in [2.75, 3.05) is 5.32 Å². The zero-order chi connectivity index (χ0) is 20.3. The Kier molecular flexibility index (Phi) is 5.10. The first-order chi connectivity index (χ1) is 13.4. The number of nitrogens with two attached hydrogens (primary N) is 1. The van der Waals surface area contributed by atoms with Crippen LogP contribution in [0.5, 0.6) is 0 Å². The number of benzene rings is 2. The largest absolute Gasteiger partial charge is 0.504 e. The maximum atomic E-state index is 13.2. The number of rotatable bonds is 5. The molecule has 1 heterocycles. The molecule has 1 aliphatic rings. The zero-order valence-electron chi connectivity index (χ0n) is 15.1. The molecule has 7 nitrogen and oxygen atoms in total. The predicted octanol–water partition coefficient (Wildman–Crippen LogP) is 2.14. The molecule has 0 spiro atoms. The molecule has 28 heavy (non-hydrogen) atoms. The van der Waals surface area contributed by atoms with Crippen LogP contribution in [0.4, 0.5) is 5.69 Å². The van der Waals surface area contributed by atoms with Crippen molar-refractivity contribution in [1.29, 1.82) is 0 Å². The van der Waals surface area contributed by atoms with E-state index in [4.69, 9.17) is 5.84 Å². The number of Topliss-reactive ketones (excluding diaryl/α,β-unsaturated/α-hetero) is 1. The van der Waals surface area contributed by atoms with Crippen molar-refractivity contribution in [1.82, 2.24) is 5.43 Å². The Bertz CT molecular complexity index is 1010. The minimum absolute atomic E-state index is 0.302. The van der Waals surface area contributed by atoms with Gasteiger partial charge in [0.15, 0.2) is 17.0 Å². The smallest absolute Gasteiger partial charge is 0.256 e. The molecule has 142 valence electrons. The van der Waals surface area contributed by atoms with Crippen molar-refractivity contribution < 1.29 is 19.5 Å². The molecule has 1 atom stereocenters. The molecular weight excluding hydrogens is 358 g/mol. The van der Waals surface area contributed by atoms with Crippen LogP contribution in [0, 0.1) is 0 Å². The minimum Gasteiger partial charge on any atom is -0.504 e.